The first-order valence-electron chi connectivity index (χ1n) is 12.6. The molecule has 3 rings (SSSR count). The van der Waals surface area contributed by atoms with Crippen LogP contribution in [-0.2, 0) is 26.2 Å². The molecule has 1 unspecified atom stereocenters. The molecule has 0 heterocycles. The number of rotatable bonds is 13. The van der Waals surface area contributed by atoms with Gasteiger partial charge in [0.2, 0.25) is 11.8 Å². The summed E-state index contributed by atoms with van der Waals surface area (Å²) in [6.45, 7) is 3.94. The van der Waals surface area contributed by atoms with Gasteiger partial charge in [-0.15, -0.1) is 0 Å². The number of nitrogens with one attached hydrogen (secondary N) is 1. The highest BCUT2D eigenvalue weighted by molar-refractivity contribution is 7.92. The van der Waals surface area contributed by atoms with Crippen LogP contribution in [0.15, 0.2) is 89.8 Å². The number of nitrogens with zero attached hydrogens (tertiary/aromatic N) is 2. The molecule has 0 bridgehead atoms. The molecule has 0 aliphatic rings. The average Bonchev–Trinajstić information content (AvgIpc) is 2.95. The smallest absolute Gasteiger partial charge is 0.264 e. The molecule has 0 saturated carbocycles. The minimum atomic E-state index is -4.06. The van der Waals surface area contributed by atoms with Crippen LogP contribution in [0.4, 0.5) is 5.69 Å². The SMILES string of the molecule is CCCNC(=O)C(CC)N(Cc1ccc(OC)cc1)C(=O)CN(c1ccccc1)S(=O)(=O)c1ccccc1. The first-order chi connectivity index (χ1) is 18.3. The van der Waals surface area contributed by atoms with Crippen LogP contribution in [0.25, 0.3) is 0 Å². The number of para-hydroxylation sites is 1. The molecule has 3 aromatic carbocycles. The second kappa shape index (κ2) is 13.6. The van der Waals surface area contributed by atoms with Crippen LogP contribution in [0.5, 0.6) is 5.75 Å². The van der Waals surface area contributed by atoms with Crippen LogP contribution in [0.2, 0.25) is 0 Å². The third-order valence-corrected chi connectivity index (χ3v) is 7.89. The van der Waals surface area contributed by atoms with Gasteiger partial charge in [0.1, 0.15) is 18.3 Å². The average molecular weight is 538 g/mol. The molecule has 2 amide bonds. The summed E-state index contributed by atoms with van der Waals surface area (Å²) < 4.78 is 33.7. The van der Waals surface area contributed by atoms with Crippen LogP contribution in [0, 0.1) is 0 Å². The molecule has 38 heavy (non-hydrogen) atoms. The number of carbonyl (C=O) groups excluding carboxylic acids is 2. The van der Waals surface area contributed by atoms with Gasteiger partial charge in [0.15, 0.2) is 0 Å². The fourth-order valence-electron chi connectivity index (χ4n) is 4.06. The zero-order valence-corrected chi connectivity index (χ0v) is 22.9. The molecule has 0 aliphatic carbocycles. The van der Waals surface area contributed by atoms with Crippen molar-refractivity contribution in [3.8, 4) is 5.75 Å². The van der Waals surface area contributed by atoms with Crippen molar-refractivity contribution in [3.63, 3.8) is 0 Å². The van der Waals surface area contributed by atoms with Crippen molar-refractivity contribution >= 4 is 27.5 Å². The topological polar surface area (TPSA) is 96.0 Å². The van der Waals surface area contributed by atoms with E-state index < -0.39 is 28.5 Å². The van der Waals surface area contributed by atoms with E-state index in [1.54, 1.807) is 67.8 Å². The summed E-state index contributed by atoms with van der Waals surface area (Å²) in [7, 11) is -2.49. The zero-order chi connectivity index (χ0) is 27.5. The third-order valence-electron chi connectivity index (χ3n) is 6.10. The lowest BCUT2D eigenvalue weighted by Gasteiger charge is -2.33. The van der Waals surface area contributed by atoms with Crippen LogP contribution in [0.3, 0.4) is 0 Å². The second-order valence-electron chi connectivity index (χ2n) is 8.75. The standard InChI is InChI=1S/C29H35N3O5S/c1-4-20-30-29(34)27(5-2)31(21-23-16-18-25(37-3)19-17-23)28(33)22-32(24-12-8-6-9-13-24)38(35,36)26-14-10-7-11-15-26/h6-19,27H,4-5,20-22H2,1-3H3,(H,30,34). The fourth-order valence-corrected chi connectivity index (χ4v) is 5.49. The normalized spacial score (nSPS) is 11.9. The third kappa shape index (κ3) is 7.13. The molecule has 0 radical (unpaired) electrons. The van der Waals surface area contributed by atoms with Crippen LogP contribution in [0.1, 0.15) is 32.3 Å². The second-order valence-corrected chi connectivity index (χ2v) is 10.6. The van der Waals surface area contributed by atoms with E-state index in [4.69, 9.17) is 4.74 Å². The Labute approximate surface area is 225 Å². The van der Waals surface area contributed by atoms with E-state index in [1.165, 1.54) is 17.0 Å². The van der Waals surface area contributed by atoms with Gasteiger partial charge < -0.3 is 15.0 Å². The molecule has 202 valence electrons. The Morgan fingerprint density at radius 3 is 2.05 bits per heavy atom. The van der Waals surface area contributed by atoms with E-state index >= 15 is 0 Å². The Kier molecular flexibility index (Phi) is 10.3. The Morgan fingerprint density at radius 1 is 0.895 bits per heavy atom. The van der Waals surface area contributed by atoms with Crippen molar-refractivity contribution in [2.45, 2.75) is 44.2 Å². The molecule has 0 fully saturated rings. The van der Waals surface area contributed by atoms with E-state index in [0.717, 1.165) is 16.3 Å². The minimum Gasteiger partial charge on any atom is -0.497 e. The largest absolute Gasteiger partial charge is 0.497 e. The maximum absolute atomic E-state index is 13.9. The minimum absolute atomic E-state index is 0.0751. The highest BCUT2D eigenvalue weighted by Crippen LogP contribution is 2.24. The zero-order valence-electron chi connectivity index (χ0n) is 22.0. The van der Waals surface area contributed by atoms with Gasteiger partial charge in [-0.25, -0.2) is 8.42 Å². The van der Waals surface area contributed by atoms with Gasteiger partial charge in [0.25, 0.3) is 10.0 Å². The Morgan fingerprint density at radius 2 is 1.50 bits per heavy atom. The Balaban J connectivity index is 2.00. The summed E-state index contributed by atoms with van der Waals surface area (Å²) in [5.41, 5.74) is 1.15. The summed E-state index contributed by atoms with van der Waals surface area (Å²) in [6.07, 6.45) is 1.12. The molecule has 3 aromatic rings. The summed E-state index contributed by atoms with van der Waals surface area (Å²) in [6, 6.07) is 23.0. The Hall–Kier alpha value is -3.85. The molecule has 9 heteroatoms. The molecule has 0 aliphatic heterocycles. The Bertz CT molecular complexity index is 1280. The van der Waals surface area contributed by atoms with Gasteiger partial charge in [0, 0.05) is 13.1 Å². The number of anilines is 1. The molecule has 0 aromatic heterocycles. The first-order valence-corrected chi connectivity index (χ1v) is 14.1. The predicted octanol–water partition coefficient (Wildman–Crippen LogP) is 4.22. The van der Waals surface area contributed by atoms with E-state index in [2.05, 4.69) is 5.32 Å². The number of hydrogen-bond donors (Lipinski definition) is 1. The van der Waals surface area contributed by atoms with Crippen LogP contribution in [-0.4, -0.2) is 51.4 Å². The van der Waals surface area contributed by atoms with E-state index in [0.29, 0.717) is 24.4 Å². The first kappa shape index (κ1) is 28.7. The summed E-state index contributed by atoms with van der Waals surface area (Å²) in [5.74, 6) is -0.0837. The molecular weight excluding hydrogens is 502 g/mol. The van der Waals surface area contributed by atoms with Gasteiger partial charge >= 0.3 is 0 Å². The van der Waals surface area contributed by atoms with Gasteiger partial charge in [-0.3, -0.25) is 13.9 Å². The number of sulfonamides is 1. The number of amides is 2. The van der Waals surface area contributed by atoms with Gasteiger partial charge in [-0.2, -0.15) is 0 Å². The summed E-state index contributed by atoms with van der Waals surface area (Å²) in [4.78, 5) is 28.5. The lowest BCUT2D eigenvalue weighted by Crippen LogP contribution is -2.52. The highest BCUT2D eigenvalue weighted by atomic mass is 32.2. The lowest BCUT2D eigenvalue weighted by atomic mass is 10.1. The van der Waals surface area contributed by atoms with Gasteiger partial charge in [0.05, 0.1) is 17.7 Å². The number of hydrogen-bond acceptors (Lipinski definition) is 5. The quantitative estimate of drug-likeness (QED) is 0.352. The van der Waals surface area contributed by atoms with Gasteiger partial charge in [-0.1, -0.05) is 62.4 Å². The van der Waals surface area contributed by atoms with Crippen molar-refractivity contribution in [2.24, 2.45) is 0 Å². The molecular formula is C29H35N3O5S. The lowest BCUT2D eigenvalue weighted by molar-refractivity contribution is -0.140. The van der Waals surface area contributed by atoms with Crippen molar-refractivity contribution < 1.29 is 22.7 Å². The van der Waals surface area contributed by atoms with E-state index in [9.17, 15) is 18.0 Å². The van der Waals surface area contributed by atoms with Crippen molar-refractivity contribution in [1.29, 1.82) is 0 Å². The maximum Gasteiger partial charge on any atom is 0.264 e. The molecule has 8 nitrogen and oxygen atoms in total. The fraction of sp³-hybridized carbons (Fsp3) is 0.310. The molecule has 0 saturated heterocycles. The summed E-state index contributed by atoms with van der Waals surface area (Å²) in [5, 5.41) is 2.88. The number of carbonyl (C=O) groups is 2. The maximum atomic E-state index is 13.9. The van der Waals surface area contributed by atoms with Crippen molar-refractivity contribution in [3.05, 3.63) is 90.5 Å². The molecule has 1 atom stereocenters. The van der Waals surface area contributed by atoms with Gasteiger partial charge in [-0.05, 0) is 54.8 Å². The number of ether oxygens (including phenoxy) is 1. The van der Waals surface area contributed by atoms with E-state index in [-0.39, 0.29) is 17.3 Å². The molecule has 1 N–H and O–H groups in total. The van der Waals surface area contributed by atoms with Crippen LogP contribution < -0.4 is 14.4 Å². The van der Waals surface area contributed by atoms with Crippen LogP contribution >= 0.6 is 0 Å². The highest BCUT2D eigenvalue weighted by Gasteiger charge is 2.33. The van der Waals surface area contributed by atoms with Crippen molar-refractivity contribution in [1.82, 2.24) is 10.2 Å². The van der Waals surface area contributed by atoms with Crippen molar-refractivity contribution in [2.75, 3.05) is 24.5 Å². The predicted molar refractivity (Wildman–Crippen MR) is 148 cm³/mol. The number of methoxy groups -OCH3 is 1. The van der Waals surface area contributed by atoms with E-state index in [1.807, 2.05) is 26.0 Å². The molecule has 0 spiro atoms. The number of benzene rings is 3. The summed E-state index contributed by atoms with van der Waals surface area (Å²) >= 11 is 0. The monoisotopic (exact) mass is 537 g/mol.